The highest BCUT2D eigenvalue weighted by molar-refractivity contribution is 6.35. The molecule has 0 aliphatic carbocycles. The lowest BCUT2D eigenvalue weighted by Gasteiger charge is -2.11. The van der Waals surface area contributed by atoms with Crippen molar-refractivity contribution < 1.29 is 4.74 Å². The topological polar surface area (TPSA) is 27.1 Å². The van der Waals surface area contributed by atoms with Gasteiger partial charge in [0.1, 0.15) is 18.2 Å². The summed E-state index contributed by atoms with van der Waals surface area (Å²) in [7, 11) is 0. The molecule has 0 saturated heterocycles. The van der Waals surface area contributed by atoms with Gasteiger partial charge in [-0.3, -0.25) is 0 Å². The number of fused-ring (bicyclic) bond motifs is 1. The van der Waals surface area contributed by atoms with E-state index < -0.39 is 0 Å². The number of aryl methyl sites for hydroxylation is 1. The van der Waals surface area contributed by atoms with Gasteiger partial charge >= 0.3 is 0 Å². The summed E-state index contributed by atoms with van der Waals surface area (Å²) in [6, 6.07) is 13.5. The number of imidazole rings is 1. The lowest BCUT2D eigenvalue weighted by Crippen LogP contribution is -2.08. The van der Waals surface area contributed by atoms with Crippen molar-refractivity contribution in [1.29, 1.82) is 0 Å². The van der Waals surface area contributed by atoms with Crippen molar-refractivity contribution in [2.75, 3.05) is 0 Å². The number of ether oxygens (including phenoxy) is 1. The first kappa shape index (κ1) is 18.1. The summed E-state index contributed by atoms with van der Waals surface area (Å²) >= 11 is 12.1. The van der Waals surface area contributed by atoms with Crippen LogP contribution in [0.1, 0.15) is 38.4 Å². The van der Waals surface area contributed by atoms with E-state index in [-0.39, 0.29) is 0 Å². The highest BCUT2D eigenvalue weighted by Gasteiger charge is 2.12. The molecule has 1 heterocycles. The van der Waals surface area contributed by atoms with Crippen LogP contribution in [0.3, 0.4) is 0 Å². The third kappa shape index (κ3) is 4.47. The predicted octanol–water partition coefficient (Wildman–Crippen LogP) is 6.50. The van der Waals surface area contributed by atoms with Gasteiger partial charge in [-0.25, -0.2) is 4.98 Å². The molecule has 5 heteroatoms. The molecule has 0 aliphatic heterocycles. The zero-order valence-electron chi connectivity index (χ0n) is 14.3. The van der Waals surface area contributed by atoms with E-state index in [1.165, 1.54) is 19.3 Å². The molecule has 0 amide bonds. The van der Waals surface area contributed by atoms with Crippen molar-refractivity contribution in [3.63, 3.8) is 0 Å². The molecule has 3 aromatic rings. The molecule has 0 fully saturated rings. The molecule has 1 aromatic heterocycles. The van der Waals surface area contributed by atoms with E-state index >= 15 is 0 Å². The number of para-hydroxylation sites is 2. The molecule has 2 aromatic carbocycles. The Labute approximate surface area is 158 Å². The van der Waals surface area contributed by atoms with Crippen LogP contribution in [0, 0.1) is 0 Å². The van der Waals surface area contributed by atoms with Gasteiger partial charge in [-0.05, 0) is 36.8 Å². The van der Waals surface area contributed by atoms with Crippen LogP contribution in [0.5, 0.6) is 5.75 Å². The summed E-state index contributed by atoms with van der Waals surface area (Å²) in [4.78, 5) is 4.74. The Hall–Kier alpha value is -1.71. The molecule has 3 rings (SSSR count). The summed E-state index contributed by atoms with van der Waals surface area (Å²) < 4.78 is 8.16. The van der Waals surface area contributed by atoms with Gasteiger partial charge < -0.3 is 9.30 Å². The first-order valence-electron chi connectivity index (χ1n) is 8.71. The van der Waals surface area contributed by atoms with E-state index in [0.717, 1.165) is 29.8 Å². The van der Waals surface area contributed by atoms with Crippen LogP contribution in [-0.2, 0) is 13.2 Å². The fourth-order valence-corrected chi connectivity index (χ4v) is 3.38. The van der Waals surface area contributed by atoms with Crippen LogP contribution in [0.25, 0.3) is 11.0 Å². The number of hydrogen-bond acceptors (Lipinski definition) is 2. The minimum atomic E-state index is 0.379. The van der Waals surface area contributed by atoms with E-state index in [0.29, 0.717) is 22.4 Å². The summed E-state index contributed by atoms with van der Waals surface area (Å²) in [6.07, 6.45) is 4.86. The van der Waals surface area contributed by atoms with Crippen LogP contribution in [0.4, 0.5) is 0 Å². The van der Waals surface area contributed by atoms with E-state index in [2.05, 4.69) is 17.6 Å². The van der Waals surface area contributed by atoms with E-state index in [4.69, 9.17) is 32.9 Å². The quantitative estimate of drug-likeness (QED) is 0.419. The summed E-state index contributed by atoms with van der Waals surface area (Å²) in [6.45, 7) is 3.55. The SMILES string of the molecule is CCCCCCn1c(COc2ccc(Cl)cc2Cl)nc2ccccc21. The molecule has 0 N–H and O–H groups in total. The Morgan fingerprint density at radius 1 is 1.04 bits per heavy atom. The minimum Gasteiger partial charge on any atom is -0.484 e. The number of nitrogens with zero attached hydrogens (tertiary/aromatic N) is 2. The highest BCUT2D eigenvalue weighted by atomic mass is 35.5. The zero-order valence-corrected chi connectivity index (χ0v) is 15.9. The summed E-state index contributed by atoms with van der Waals surface area (Å²) in [5, 5.41) is 1.11. The molecule has 0 bridgehead atoms. The molecule has 132 valence electrons. The van der Waals surface area contributed by atoms with Gasteiger partial charge in [0.2, 0.25) is 0 Å². The Kier molecular flexibility index (Phi) is 6.22. The van der Waals surface area contributed by atoms with Crippen molar-refractivity contribution in [3.05, 3.63) is 58.3 Å². The average molecular weight is 377 g/mol. The monoisotopic (exact) mass is 376 g/mol. The van der Waals surface area contributed by atoms with E-state index in [9.17, 15) is 0 Å². The van der Waals surface area contributed by atoms with Crippen LogP contribution < -0.4 is 4.74 Å². The number of halogens is 2. The van der Waals surface area contributed by atoms with Crippen molar-refractivity contribution >= 4 is 34.2 Å². The molecule has 25 heavy (non-hydrogen) atoms. The van der Waals surface area contributed by atoms with Crippen molar-refractivity contribution in [2.45, 2.75) is 45.8 Å². The molecule has 3 nitrogen and oxygen atoms in total. The summed E-state index contributed by atoms with van der Waals surface area (Å²) in [5.74, 6) is 1.54. The number of aromatic nitrogens is 2. The van der Waals surface area contributed by atoms with Gasteiger partial charge in [-0.1, -0.05) is 61.5 Å². The molecule has 0 atom stereocenters. The van der Waals surface area contributed by atoms with Gasteiger partial charge in [0, 0.05) is 11.6 Å². The highest BCUT2D eigenvalue weighted by Crippen LogP contribution is 2.28. The van der Waals surface area contributed by atoms with Gasteiger partial charge in [-0.2, -0.15) is 0 Å². The van der Waals surface area contributed by atoms with Gasteiger partial charge in [0.15, 0.2) is 0 Å². The molecular weight excluding hydrogens is 355 g/mol. The number of hydrogen-bond donors (Lipinski definition) is 0. The fourth-order valence-electron chi connectivity index (χ4n) is 2.92. The third-order valence-electron chi connectivity index (χ3n) is 4.22. The lowest BCUT2D eigenvalue weighted by molar-refractivity contribution is 0.289. The lowest BCUT2D eigenvalue weighted by atomic mass is 10.2. The maximum absolute atomic E-state index is 6.20. The fraction of sp³-hybridized carbons (Fsp3) is 0.350. The average Bonchev–Trinajstić information content (AvgIpc) is 2.96. The smallest absolute Gasteiger partial charge is 0.147 e. The molecule has 0 aliphatic rings. The van der Waals surface area contributed by atoms with E-state index in [1.54, 1.807) is 18.2 Å². The van der Waals surface area contributed by atoms with E-state index in [1.807, 2.05) is 18.2 Å². The molecule has 0 radical (unpaired) electrons. The second-order valence-electron chi connectivity index (χ2n) is 6.09. The number of rotatable bonds is 8. The molecular formula is C20H22Cl2N2O. The van der Waals surface area contributed by atoms with Gasteiger partial charge in [0.25, 0.3) is 0 Å². The Morgan fingerprint density at radius 3 is 2.68 bits per heavy atom. The van der Waals surface area contributed by atoms with Crippen molar-refractivity contribution in [1.82, 2.24) is 9.55 Å². The minimum absolute atomic E-state index is 0.379. The first-order valence-corrected chi connectivity index (χ1v) is 9.46. The second-order valence-corrected chi connectivity index (χ2v) is 6.94. The van der Waals surface area contributed by atoms with Crippen molar-refractivity contribution in [2.24, 2.45) is 0 Å². The van der Waals surface area contributed by atoms with Crippen LogP contribution in [0.15, 0.2) is 42.5 Å². The molecule has 0 spiro atoms. The Balaban J connectivity index is 1.79. The largest absolute Gasteiger partial charge is 0.484 e. The van der Waals surface area contributed by atoms with Gasteiger partial charge in [-0.15, -0.1) is 0 Å². The maximum atomic E-state index is 6.20. The third-order valence-corrected chi connectivity index (χ3v) is 4.75. The van der Waals surface area contributed by atoms with Gasteiger partial charge in [0.05, 0.1) is 16.1 Å². The van der Waals surface area contributed by atoms with Crippen LogP contribution in [0.2, 0.25) is 10.0 Å². The predicted molar refractivity (Wildman–Crippen MR) is 105 cm³/mol. The standard InChI is InChI=1S/C20H22Cl2N2O/c1-2-3-4-7-12-24-18-9-6-5-8-17(18)23-20(24)14-25-19-11-10-15(21)13-16(19)22/h5-6,8-11,13H,2-4,7,12,14H2,1H3. The maximum Gasteiger partial charge on any atom is 0.147 e. The van der Waals surface area contributed by atoms with Crippen molar-refractivity contribution in [3.8, 4) is 5.75 Å². The zero-order chi connectivity index (χ0) is 17.6. The Morgan fingerprint density at radius 2 is 1.88 bits per heavy atom. The normalized spacial score (nSPS) is 11.2. The van der Waals surface area contributed by atoms with Crippen LogP contribution in [-0.4, -0.2) is 9.55 Å². The molecule has 0 unspecified atom stereocenters. The van der Waals surface area contributed by atoms with Crippen LogP contribution >= 0.6 is 23.2 Å². The summed E-state index contributed by atoms with van der Waals surface area (Å²) in [5.41, 5.74) is 2.15. The molecule has 0 saturated carbocycles. The first-order chi connectivity index (χ1) is 12.2. The Bertz CT molecular complexity index is 845. The number of unbranched alkanes of at least 4 members (excludes halogenated alkanes) is 3. The second kappa shape index (κ2) is 8.59. The number of benzene rings is 2.